The Hall–Kier alpha value is -2.90. The van der Waals surface area contributed by atoms with Gasteiger partial charge < -0.3 is 10.1 Å². The lowest BCUT2D eigenvalue weighted by Gasteiger charge is -2.20. The zero-order valence-corrected chi connectivity index (χ0v) is 18.3. The number of fused-ring (bicyclic) bond motifs is 1. The SMILES string of the molecule is COc1ccc(S(=O)(=O)N2CCCCCC2)cc1C(=O)Nc1cccc2ccccc12. The molecule has 6 nitrogen and oxygen atoms in total. The molecule has 0 aliphatic carbocycles. The van der Waals surface area contributed by atoms with Crippen molar-refractivity contribution in [3.63, 3.8) is 0 Å². The molecule has 31 heavy (non-hydrogen) atoms. The predicted molar refractivity (Wildman–Crippen MR) is 122 cm³/mol. The number of amides is 1. The van der Waals surface area contributed by atoms with Gasteiger partial charge in [-0.1, -0.05) is 49.2 Å². The van der Waals surface area contributed by atoms with E-state index < -0.39 is 15.9 Å². The van der Waals surface area contributed by atoms with Crippen molar-refractivity contribution in [2.24, 2.45) is 0 Å². The fourth-order valence-electron chi connectivity index (χ4n) is 3.98. The number of ether oxygens (including phenoxy) is 1. The van der Waals surface area contributed by atoms with Crippen molar-refractivity contribution in [2.75, 3.05) is 25.5 Å². The number of benzene rings is 3. The van der Waals surface area contributed by atoms with E-state index in [0.29, 0.717) is 24.5 Å². The van der Waals surface area contributed by atoms with Crippen LogP contribution in [0.2, 0.25) is 0 Å². The number of rotatable bonds is 5. The van der Waals surface area contributed by atoms with Gasteiger partial charge in [-0.2, -0.15) is 4.31 Å². The van der Waals surface area contributed by atoms with E-state index in [1.54, 1.807) is 6.07 Å². The summed E-state index contributed by atoms with van der Waals surface area (Å²) < 4.78 is 33.3. The molecule has 3 aromatic carbocycles. The Morgan fingerprint density at radius 2 is 1.65 bits per heavy atom. The third-order valence-electron chi connectivity index (χ3n) is 5.66. The lowest BCUT2D eigenvalue weighted by atomic mass is 10.1. The van der Waals surface area contributed by atoms with Crippen molar-refractivity contribution >= 4 is 32.4 Å². The van der Waals surface area contributed by atoms with Crippen LogP contribution >= 0.6 is 0 Å². The summed E-state index contributed by atoms with van der Waals surface area (Å²) in [6.07, 6.45) is 3.77. The van der Waals surface area contributed by atoms with Crippen LogP contribution in [0.15, 0.2) is 65.6 Å². The van der Waals surface area contributed by atoms with Gasteiger partial charge in [0.25, 0.3) is 5.91 Å². The normalized spacial score (nSPS) is 15.4. The van der Waals surface area contributed by atoms with Crippen molar-refractivity contribution in [3.05, 3.63) is 66.2 Å². The zero-order valence-electron chi connectivity index (χ0n) is 17.5. The Kier molecular flexibility index (Phi) is 6.25. The van der Waals surface area contributed by atoms with Gasteiger partial charge >= 0.3 is 0 Å². The van der Waals surface area contributed by atoms with Crippen molar-refractivity contribution in [1.82, 2.24) is 4.31 Å². The van der Waals surface area contributed by atoms with Gasteiger partial charge in [-0.05, 0) is 42.5 Å². The molecule has 0 saturated carbocycles. The molecule has 1 heterocycles. The molecule has 1 N–H and O–H groups in total. The van der Waals surface area contributed by atoms with Gasteiger partial charge in [0.05, 0.1) is 17.6 Å². The summed E-state index contributed by atoms with van der Waals surface area (Å²) in [4.78, 5) is 13.3. The molecule has 162 valence electrons. The van der Waals surface area contributed by atoms with Gasteiger partial charge in [-0.15, -0.1) is 0 Å². The first-order chi connectivity index (χ1) is 15.0. The van der Waals surface area contributed by atoms with Crippen LogP contribution in [-0.4, -0.2) is 38.8 Å². The number of carbonyl (C=O) groups is 1. The van der Waals surface area contributed by atoms with E-state index in [-0.39, 0.29) is 10.5 Å². The summed E-state index contributed by atoms with van der Waals surface area (Å²) in [6, 6.07) is 17.9. The van der Waals surface area contributed by atoms with E-state index in [0.717, 1.165) is 36.5 Å². The average Bonchev–Trinajstić information content (AvgIpc) is 3.09. The van der Waals surface area contributed by atoms with Gasteiger partial charge in [0, 0.05) is 24.2 Å². The minimum absolute atomic E-state index is 0.110. The first kappa shape index (κ1) is 21.3. The van der Waals surface area contributed by atoms with E-state index in [1.807, 2.05) is 42.5 Å². The third kappa shape index (κ3) is 4.43. The molecule has 0 unspecified atom stereocenters. The fraction of sp³-hybridized carbons (Fsp3) is 0.292. The van der Waals surface area contributed by atoms with E-state index in [1.165, 1.54) is 23.5 Å². The second-order valence-corrected chi connectivity index (χ2v) is 9.60. The highest BCUT2D eigenvalue weighted by Gasteiger charge is 2.27. The Labute approximate surface area is 182 Å². The maximum absolute atomic E-state index is 13.2. The van der Waals surface area contributed by atoms with Crippen molar-refractivity contribution in [2.45, 2.75) is 30.6 Å². The molecule has 0 bridgehead atoms. The van der Waals surface area contributed by atoms with E-state index in [4.69, 9.17) is 4.74 Å². The number of nitrogens with zero attached hydrogens (tertiary/aromatic N) is 1. The molecule has 1 saturated heterocycles. The van der Waals surface area contributed by atoms with Gasteiger partial charge in [0.15, 0.2) is 0 Å². The molecule has 1 aliphatic rings. The maximum Gasteiger partial charge on any atom is 0.259 e. The third-order valence-corrected chi connectivity index (χ3v) is 7.55. The number of carbonyl (C=O) groups excluding carboxylic acids is 1. The lowest BCUT2D eigenvalue weighted by molar-refractivity contribution is 0.102. The summed E-state index contributed by atoms with van der Waals surface area (Å²) in [5.41, 5.74) is 0.845. The summed E-state index contributed by atoms with van der Waals surface area (Å²) in [5, 5.41) is 4.83. The van der Waals surface area contributed by atoms with Crippen molar-refractivity contribution in [3.8, 4) is 5.75 Å². The highest BCUT2D eigenvalue weighted by atomic mass is 32.2. The molecule has 0 atom stereocenters. The second kappa shape index (κ2) is 9.08. The van der Waals surface area contributed by atoms with Gasteiger partial charge in [-0.25, -0.2) is 8.42 Å². The molecule has 7 heteroatoms. The zero-order chi connectivity index (χ0) is 21.8. The number of methoxy groups -OCH3 is 1. The van der Waals surface area contributed by atoms with Crippen LogP contribution < -0.4 is 10.1 Å². The van der Waals surface area contributed by atoms with E-state index >= 15 is 0 Å². The molecule has 0 spiro atoms. The molecular formula is C24H26N2O4S. The van der Waals surface area contributed by atoms with Crippen LogP contribution in [-0.2, 0) is 10.0 Å². The Morgan fingerprint density at radius 3 is 2.39 bits per heavy atom. The molecule has 1 aliphatic heterocycles. The van der Waals surface area contributed by atoms with Crippen molar-refractivity contribution < 1.29 is 17.9 Å². The number of nitrogens with one attached hydrogen (secondary N) is 1. The number of sulfonamides is 1. The van der Waals surface area contributed by atoms with Gasteiger partial charge in [0.1, 0.15) is 5.75 Å². The summed E-state index contributed by atoms with van der Waals surface area (Å²) in [5.74, 6) is -0.0892. The molecule has 3 aromatic rings. The summed E-state index contributed by atoms with van der Waals surface area (Å²) in [6.45, 7) is 1.01. The number of anilines is 1. The molecule has 0 radical (unpaired) electrons. The fourth-order valence-corrected chi connectivity index (χ4v) is 5.52. The topological polar surface area (TPSA) is 75.7 Å². The Morgan fingerprint density at radius 1 is 0.935 bits per heavy atom. The van der Waals surface area contributed by atoms with Crippen LogP contribution in [0.3, 0.4) is 0 Å². The lowest BCUT2D eigenvalue weighted by Crippen LogP contribution is -2.32. The molecule has 0 aromatic heterocycles. The highest BCUT2D eigenvalue weighted by Crippen LogP contribution is 2.28. The van der Waals surface area contributed by atoms with Crippen molar-refractivity contribution in [1.29, 1.82) is 0 Å². The van der Waals surface area contributed by atoms with Crippen LogP contribution in [0.1, 0.15) is 36.0 Å². The molecular weight excluding hydrogens is 412 g/mol. The minimum Gasteiger partial charge on any atom is -0.496 e. The van der Waals surface area contributed by atoms with Gasteiger partial charge in [-0.3, -0.25) is 4.79 Å². The summed E-state index contributed by atoms with van der Waals surface area (Å²) >= 11 is 0. The average molecular weight is 439 g/mol. The Balaban J connectivity index is 1.68. The number of hydrogen-bond donors (Lipinski definition) is 1. The van der Waals surface area contributed by atoms with Crippen LogP contribution in [0.25, 0.3) is 10.8 Å². The first-order valence-electron chi connectivity index (χ1n) is 10.5. The van der Waals surface area contributed by atoms with Crippen LogP contribution in [0.5, 0.6) is 5.75 Å². The van der Waals surface area contributed by atoms with E-state index in [9.17, 15) is 13.2 Å². The predicted octanol–water partition coefficient (Wildman–Crippen LogP) is 4.67. The molecule has 1 fully saturated rings. The summed E-state index contributed by atoms with van der Waals surface area (Å²) in [7, 11) is -2.21. The van der Waals surface area contributed by atoms with Crippen LogP contribution in [0, 0.1) is 0 Å². The maximum atomic E-state index is 13.2. The molecule has 4 rings (SSSR count). The molecule has 1 amide bonds. The minimum atomic E-state index is -3.68. The smallest absolute Gasteiger partial charge is 0.259 e. The standard InChI is InChI=1S/C24H26N2O4S/c1-30-23-14-13-19(31(28,29)26-15-6-2-3-7-16-26)17-21(23)24(27)25-22-12-8-10-18-9-4-5-11-20(18)22/h4-5,8-14,17H,2-3,6-7,15-16H2,1H3,(H,25,27). The number of hydrogen-bond acceptors (Lipinski definition) is 4. The highest BCUT2D eigenvalue weighted by molar-refractivity contribution is 7.89. The second-order valence-electron chi connectivity index (χ2n) is 7.66. The van der Waals surface area contributed by atoms with Gasteiger partial charge in [0.2, 0.25) is 10.0 Å². The largest absolute Gasteiger partial charge is 0.496 e. The van der Waals surface area contributed by atoms with E-state index in [2.05, 4.69) is 5.32 Å². The van der Waals surface area contributed by atoms with Crippen LogP contribution in [0.4, 0.5) is 5.69 Å². The first-order valence-corrected chi connectivity index (χ1v) is 11.9. The Bertz CT molecular complexity index is 1190. The quantitative estimate of drug-likeness (QED) is 0.628. The monoisotopic (exact) mass is 438 g/mol.